The average molecular weight is 375 g/mol. The van der Waals surface area contributed by atoms with Crippen LogP contribution in [0.4, 0.5) is 8.78 Å². The molecule has 0 fully saturated rings. The monoisotopic (exact) mass is 375 g/mol. The number of hydrogen-bond acceptors (Lipinski definition) is 3. The highest BCUT2D eigenvalue weighted by atomic mass is 19.1. The van der Waals surface area contributed by atoms with Gasteiger partial charge in [-0.05, 0) is 36.8 Å². The van der Waals surface area contributed by atoms with Crippen molar-refractivity contribution in [3.63, 3.8) is 0 Å². The van der Waals surface area contributed by atoms with Crippen LogP contribution in [0, 0.1) is 18.7 Å². The van der Waals surface area contributed by atoms with Crippen LogP contribution >= 0.6 is 0 Å². The molecule has 0 atom stereocenters. The number of halogens is 2. The molecule has 0 aliphatic rings. The van der Waals surface area contributed by atoms with Crippen LogP contribution in [0.3, 0.4) is 0 Å². The maximum Gasteiger partial charge on any atom is 0.212 e. The molecule has 0 saturated heterocycles. The molecule has 3 aromatic heterocycles. The fourth-order valence-corrected chi connectivity index (χ4v) is 3.61. The maximum absolute atomic E-state index is 14.2. The SMILES string of the molecule is Cc1cccc2c(-c3ccc(F)c4nn(C)cc34)nn(-c3ccc(F)nc3)c12. The molecular weight excluding hydrogens is 360 g/mol. The predicted octanol–water partition coefficient (Wildman–Crippen LogP) is 4.56. The van der Waals surface area contributed by atoms with Crippen molar-refractivity contribution in [3.8, 4) is 16.9 Å². The lowest BCUT2D eigenvalue weighted by atomic mass is 10.0. The van der Waals surface area contributed by atoms with Gasteiger partial charge in [-0.15, -0.1) is 0 Å². The van der Waals surface area contributed by atoms with Crippen molar-refractivity contribution < 1.29 is 8.78 Å². The number of pyridine rings is 1. The van der Waals surface area contributed by atoms with Crippen LogP contribution in [-0.4, -0.2) is 24.5 Å². The van der Waals surface area contributed by atoms with Gasteiger partial charge in [0.2, 0.25) is 5.95 Å². The van der Waals surface area contributed by atoms with E-state index in [2.05, 4.69) is 10.1 Å². The third-order valence-corrected chi connectivity index (χ3v) is 4.86. The summed E-state index contributed by atoms with van der Waals surface area (Å²) in [6, 6.07) is 12.0. The molecule has 5 aromatic rings. The fourth-order valence-electron chi connectivity index (χ4n) is 3.61. The van der Waals surface area contributed by atoms with Crippen LogP contribution in [-0.2, 0) is 7.05 Å². The van der Waals surface area contributed by atoms with Crippen LogP contribution in [0.25, 0.3) is 38.8 Å². The molecule has 0 saturated carbocycles. The van der Waals surface area contributed by atoms with E-state index >= 15 is 0 Å². The summed E-state index contributed by atoms with van der Waals surface area (Å²) in [4.78, 5) is 3.75. The summed E-state index contributed by atoms with van der Waals surface area (Å²) in [5.41, 5.74) is 4.36. The van der Waals surface area contributed by atoms with Gasteiger partial charge in [0, 0.05) is 29.6 Å². The van der Waals surface area contributed by atoms with E-state index in [0.29, 0.717) is 22.3 Å². The Balaban J connectivity index is 1.86. The Morgan fingerprint density at radius 2 is 1.79 bits per heavy atom. The first-order valence-electron chi connectivity index (χ1n) is 8.75. The zero-order valence-electron chi connectivity index (χ0n) is 15.2. The number of hydrogen-bond donors (Lipinski definition) is 0. The van der Waals surface area contributed by atoms with Crippen LogP contribution in [0.5, 0.6) is 0 Å². The van der Waals surface area contributed by atoms with Crippen molar-refractivity contribution in [1.29, 1.82) is 0 Å². The first-order chi connectivity index (χ1) is 13.5. The number of aryl methyl sites for hydroxylation is 2. The highest BCUT2D eigenvalue weighted by molar-refractivity contribution is 6.03. The Bertz CT molecular complexity index is 1350. The molecule has 2 aromatic carbocycles. The first kappa shape index (κ1) is 16.6. The van der Waals surface area contributed by atoms with Gasteiger partial charge in [-0.2, -0.15) is 14.6 Å². The summed E-state index contributed by atoms with van der Waals surface area (Å²) in [5.74, 6) is -0.922. The van der Waals surface area contributed by atoms with Gasteiger partial charge < -0.3 is 0 Å². The van der Waals surface area contributed by atoms with Gasteiger partial charge in [-0.1, -0.05) is 18.2 Å². The van der Waals surface area contributed by atoms with Gasteiger partial charge in [0.15, 0.2) is 5.82 Å². The third kappa shape index (κ3) is 2.40. The first-order valence-corrected chi connectivity index (χ1v) is 8.75. The highest BCUT2D eigenvalue weighted by Crippen LogP contribution is 2.35. The number of benzene rings is 2. The van der Waals surface area contributed by atoms with E-state index in [9.17, 15) is 8.78 Å². The molecular formula is C21H15F2N5. The largest absolute Gasteiger partial charge is 0.274 e. The number of para-hydroxylation sites is 1. The number of aromatic nitrogens is 5. The van der Waals surface area contributed by atoms with Crippen molar-refractivity contribution in [2.45, 2.75) is 6.92 Å². The van der Waals surface area contributed by atoms with E-state index < -0.39 is 5.95 Å². The van der Waals surface area contributed by atoms with Crippen molar-refractivity contribution in [2.24, 2.45) is 7.05 Å². The topological polar surface area (TPSA) is 48.5 Å². The van der Waals surface area contributed by atoms with E-state index in [1.54, 1.807) is 34.7 Å². The van der Waals surface area contributed by atoms with Gasteiger partial charge in [0.1, 0.15) is 11.2 Å². The van der Waals surface area contributed by atoms with E-state index in [-0.39, 0.29) is 5.82 Å². The molecule has 0 unspecified atom stereocenters. The molecule has 0 amide bonds. The zero-order chi connectivity index (χ0) is 19.4. The molecule has 0 aliphatic carbocycles. The lowest BCUT2D eigenvalue weighted by Gasteiger charge is -2.04. The molecule has 0 aliphatic heterocycles. The minimum atomic E-state index is -0.548. The Kier molecular flexibility index (Phi) is 3.52. The second kappa shape index (κ2) is 5.95. The summed E-state index contributed by atoms with van der Waals surface area (Å²) in [5, 5.41) is 10.6. The number of fused-ring (bicyclic) bond motifs is 2. The summed E-state index contributed by atoms with van der Waals surface area (Å²) < 4.78 is 30.9. The van der Waals surface area contributed by atoms with Gasteiger partial charge >= 0.3 is 0 Å². The van der Waals surface area contributed by atoms with Crippen molar-refractivity contribution in [3.05, 3.63) is 72.2 Å². The Morgan fingerprint density at radius 1 is 0.929 bits per heavy atom. The summed E-state index contributed by atoms with van der Waals surface area (Å²) in [6.45, 7) is 1.99. The molecule has 0 spiro atoms. The summed E-state index contributed by atoms with van der Waals surface area (Å²) in [6.07, 6.45) is 3.23. The van der Waals surface area contributed by atoms with Crippen molar-refractivity contribution >= 4 is 21.8 Å². The second-order valence-electron chi connectivity index (χ2n) is 6.73. The van der Waals surface area contributed by atoms with Crippen LogP contribution in [0.1, 0.15) is 5.56 Å². The Hall–Kier alpha value is -3.61. The highest BCUT2D eigenvalue weighted by Gasteiger charge is 2.19. The lowest BCUT2D eigenvalue weighted by Crippen LogP contribution is -1.99. The standard InChI is InChI=1S/C21H15F2N5/c1-12-4-3-5-15-19(14-7-8-17(22)20-16(14)11-27(2)25-20)26-28(21(12)15)13-6-9-18(23)24-10-13/h3-11H,1-2H3. The molecule has 0 N–H and O–H groups in total. The molecule has 3 heterocycles. The molecule has 5 nitrogen and oxygen atoms in total. The predicted molar refractivity (Wildman–Crippen MR) is 103 cm³/mol. The van der Waals surface area contributed by atoms with Crippen LogP contribution in [0.2, 0.25) is 0 Å². The molecule has 0 bridgehead atoms. The quantitative estimate of drug-likeness (QED) is 0.425. The van der Waals surface area contributed by atoms with Crippen LogP contribution < -0.4 is 0 Å². The van der Waals surface area contributed by atoms with Gasteiger partial charge in [0.25, 0.3) is 0 Å². The molecule has 28 heavy (non-hydrogen) atoms. The lowest BCUT2D eigenvalue weighted by molar-refractivity contribution is 0.582. The maximum atomic E-state index is 14.2. The molecule has 138 valence electrons. The summed E-state index contributed by atoms with van der Waals surface area (Å²) in [7, 11) is 1.76. The average Bonchev–Trinajstić information content (AvgIpc) is 3.25. The number of nitrogens with zero attached hydrogens (tertiary/aromatic N) is 5. The second-order valence-corrected chi connectivity index (χ2v) is 6.73. The smallest absolute Gasteiger partial charge is 0.212 e. The fraction of sp³-hybridized carbons (Fsp3) is 0.0952. The Labute approximate surface area is 158 Å². The third-order valence-electron chi connectivity index (χ3n) is 4.86. The minimum Gasteiger partial charge on any atom is -0.274 e. The van der Waals surface area contributed by atoms with Gasteiger partial charge in [0.05, 0.1) is 17.4 Å². The van der Waals surface area contributed by atoms with Gasteiger partial charge in [-0.3, -0.25) is 4.68 Å². The van der Waals surface area contributed by atoms with E-state index in [0.717, 1.165) is 22.0 Å². The van der Waals surface area contributed by atoms with Crippen molar-refractivity contribution in [2.75, 3.05) is 0 Å². The molecule has 5 rings (SSSR count). The van der Waals surface area contributed by atoms with E-state index in [1.807, 2.05) is 25.1 Å². The van der Waals surface area contributed by atoms with E-state index in [4.69, 9.17) is 5.10 Å². The van der Waals surface area contributed by atoms with Crippen molar-refractivity contribution in [1.82, 2.24) is 24.5 Å². The van der Waals surface area contributed by atoms with E-state index in [1.165, 1.54) is 18.3 Å². The molecule has 0 radical (unpaired) electrons. The Morgan fingerprint density at radius 3 is 2.57 bits per heavy atom. The van der Waals surface area contributed by atoms with Crippen LogP contribution in [0.15, 0.2) is 54.9 Å². The number of rotatable bonds is 2. The van der Waals surface area contributed by atoms with Gasteiger partial charge in [-0.25, -0.2) is 14.1 Å². The zero-order valence-corrected chi connectivity index (χ0v) is 15.2. The normalized spacial score (nSPS) is 11.6. The summed E-state index contributed by atoms with van der Waals surface area (Å²) >= 11 is 0. The molecule has 7 heteroatoms. The minimum absolute atomic E-state index is 0.304.